The number of hydrogen-bond acceptors (Lipinski definition) is 2. The topological polar surface area (TPSA) is 23.6 Å². The number of likely N-dealkylation sites (N-methyl/N-ethyl adjacent to an activating group) is 1. The van der Waals surface area contributed by atoms with E-state index in [0.29, 0.717) is 12.0 Å². The van der Waals surface area contributed by atoms with Gasteiger partial charge in [0.25, 0.3) is 5.91 Å². The van der Waals surface area contributed by atoms with Crippen molar-refractivity contribution in [1.82, 2.24) is 9.80 Å². The molecule has 0 bridgehead atoms. The zero-order valence-electron chi connectivity index (χ0n) is 13.1. The SMILES string of the molecule is CC(C)c1ccc(C(=O)N2CCC[C@H]2CN(C)C)cc1. The first-order chi connectivity index (χ1) is 9.49. The molecule has 20 heavy (non-hydrogen) atoms. The van der Waals surface area contributed by atoms with E-state index in [-0.39, 0.29) is 5.91 Å². The van der Waals surface area contributed by atoms with E-state index in [1.807, 2.05) is 17.0 Å². The number of nitrogens with zero attached hydrogens (tertiary/aromatic N) is 2. The number of amides is 1. The summed E-state index contributed by atoms with van der Waals surface area (Å²) in [5.41, 5.74) is 2.10. The molecule has 0 spiro atoms. The molecule has 0 unspecified atom stereocenters. The van der Waals surface area contributed by atoms with Crippen LogP contribution >= 0.6 is 0 Å². The Morgan fingerprint density at radius 2 is 1.95 bits per heavy atom. The first-order valence-corrected chi connectivity index (χ1v) is 7.54. The number of benzene rings is 1. The molecule has 1 fully saturated rings. The third-order valence-corrected chi connectivity index (χ3v) is 4.04. The molecule has 2 rings (SSSR count). The summed E-state index contributed by atoms with van der Waals surface area (Å²) < 4.78 is 0. The van der Waals surface area contributed by atoms with E-state index in [0.717, 1.165) is 31.5 Å². The van der Waals surface area contributed by atoms with Gasteiger partial charge >= 0.3 is 0 Å². The highest BCUT2D eigenvalue weighted by molar-refractivity contribution is 5.94. The van der Waals surface area contributed by atoms with Crippen LogP contribution in [0.5, 0.6) is 0 Å². The van der Waals surface area contributed by atoms with Gasteiger partial charge in [-0.05, 0) is 50.6 Å². The summed E-state index contributed by atoms with van der Waals surface area (Å²) in [6, 6.07) is 8.47. The van der Waals surface area contributed by atoms with Gasteiger partial charge < -0.3 is 9.80 Å². The van der Waals surface area contributed by atoms with Gasteiger partial charge in [-0.15, -0.1) is 0 Å². The molecule has 1 aromatic carbocycles. The smallest absolute Gasteiger partial charge is 0.254 e. The standard InChI is InChI=1S/C17H26N2O/c1-13(2)14-7-9-15(10-8-14)17(20)19-11-5-6-16(19)12-18(3)4/h7-10,13,16H,5-6,11-12H2,1-4H3/t16-/m0/s1. The molecular weight excluding hydrogens is 248 g/mol. The van der Waals surface area contributed by atoms with E-state index >= 15 is 0 Å². The quantitative estimate of drug-likeness (QED) is 0.842. The van der Waals surface area contributed by atoms with Crippen LogP contribution in [0.15, 0.2) is 24.3 Å². The van der Waals surface area contributed by atoms with Crippen molar-refractivity contribution in [2.24, 2.45) is 0 Å². The van der Waals surface area contributed by atoms with Crippen molar-refractivity contribution in [2.75, 3.05) is 27.2 Å². The summed E-state index contributed by atoms with van der Waals surface area (Å²) in [6.45, 7) is 6.19. The molecule has 0 saturated carbocycles. The first kappa shape index (κ1) is 15.0. The molecule has 1 amide bonds. The van der Waals surface area contributed by atoms with Crippen LogP contribution < -0.4 is 0 Å². The molecule has 0 aliphatic carbocycles. The van der Waals surface area contributed by atoms with Gasteiger partial charge in [-0.2, -0.15) is 0 Å². The van der Waals surface area contributed by atoms with Gasteiger partial charge in [-0.25, -0.2) is 0 Å². The van der Waals surface area contributed by atoms with E-state index in [9.17, 15) is 4.79 Å². The van der Waals surface area contributed by atoms with Gasteiger partial charge in [-0.3, -0.25) is 4.79 Å². The summed E-state index contributed by atoms with van der Waals surface area (Å²) in [5, 5.41) is 0. The number of carbonyl (C=O) groups excluding carboxylic acids is 1. The summed E-state index contributed by atoms with van der Waals surface area (Å²) >= 11 is 0. The number of hydrogen-bond donors (Lipinski definition) is 0. The Labute approximate surface area is 122 Å². The molecule has 1 atom stereocenters. The summed E-state index contributed by atoms with van der Waals surface area (Å²) in [5.74, 6) is 0.692. The number of carbonyl (C=O) groups is 1. The molecule has 1 aromatic rings. The third-order valence-electron chi connectivity index (χ3n) is 4.04. The summed E-state index contributed by atoms with van der Waals surface area (Å²) in [4.78, 5) is 16.8. The maximum atomic E-state index is 12.6. The fourth-order valence-corrected chi connectivity index (χ4v) is 2.89. The van der Waals surface area contributed by atoms with Gasteiger partial charge in [0.05, 0.1) is 0 Å². The average Bonchev–Trinajstić information content (AvgIpc) is 2.85. The lowest BCUT2D eigenvalue weighted by Gasteiger charge is -2.27. The van der Waals surface area contributed by atoms with Crippen molar-refractivity contribution in [1.29, 1.82) is 0 Å². The maximum absolute atomic E-state index is 12.6. The van der Waals surface area contributed by atoms with Crippen LogP contribution in [0.4, 0.5) is 0 Å². The normalized spacial score (nSPS) is 19.1. The second-order valence-electron chi connectivity index (χ2n) is 6.33. The van der Waals surface area contributed by atoms with Crippen molar-refractivity contribution in [3.63, 3.8) is 0 Å². The number of likely N-dealkylation sites (tertiary alicyclic amines) is 1. The highest BCUT2D eigenvalue weighted by atomic mass is 16.2. The van der Waals surface area contributed by atoms with Crippen molar-refractivity contribution in [3.05, 3.63) is 35.4 Å². The van der Waals surface area contributed by atoms with Crippen LogP contribution in [0.2, 0.25) is 0 Å². The minimum Gasteiger partial charge on any atom is -0.334 e. The Bertz CT molecular complexity index is 451. The molecule has 1 aliphatic heterocycles. The minimum atomic E-state index is 0.185. The number of rotatable bonds is 4. The van der Waals surface area contributed by atoms with Crippen LogP contribution in [0, 0.1) is 0 Å². The lowest BCUT2D eigenvalue weighted by atomic mass is 10.0. The van der Waals surface area contributed by atoms with E-state index in [4.69, 9.17) is 0 Å². The Morgan fingerprint density at radius 3 is 2.50 bits per heavy atom. The molecule has 0 radical (unpaired) electrons. The molecule has 3 heteroatoms. The fourth-order valence-electron chi connectivity index (χ4n) is 2.89. The second kappa shape index (κ2) is 6.40. The van der Waals surface area contributed by atoms with Gasteiger partial charge in [0.15, 0.2) is 0 Å². The molecule has 1 heterocycles. The Morgan fingerprint density at radius 1 is 1.30 bits per heavy atom. The largest absolute Gasteiger partial charge is 0.334 e. The van der Waals surface area contributed by atoms with E-state index in [2.05, 4.69) is 45.0 Å². The predicted octanol–water partition coefficient (Wildman–Crippen LogP) is 2.98. The van der Waals surface area contributed by atoms with Crippen molar-refractivity contribution < 1.29 is 4.79 Å². The molecule has 1 saturated heterocycles. The van der Waals surface area contributed by atoms with Crippen LogP contribution in [-0.4, -0.2) is 48.9 Å². The predicted molar refractivity (Wildman–Crippen MR) is 83.1 cm³/mol. The van der Waals surface area contributed by atoms with Crippen LogP contribution in [-0.2, 0) is 0 Å². The van der Waals surface area contributed by atoms with Crippen LogP contribution in [0.1, 0.15) is 48.5 Å². The monoisotopic (exact) mass is 274 g/mol. The van der Waals surface area contributed by atoms with Crippen molar-refractivity contribution in [2.45, 2.75) is 38.6 Å². The fraction of sp³-hybridized carbons (Fsp3) is 0.588. The molecule has 110 valence electrons. The summed E-state index contributed by atoms with van der Waals surface area (Å²) in [7, 11) is 4.14. The summed E-state index contributed by atoms with van der Waals surface area (Å²) in [6.07, 6.45) is 2.24. The second-order valence-corrected chi connectivity index (χ2v) is 6.33. The van der Waals surface area contributed by atoms with Gasteiger partial charge in [-0.1, -0.05) is 26.0 Å². The minimum absolute atomic E-state index is 0.185. The van der Waals surface area contributed by atoms with E-state index in [1.165, 1.54) is 5.56 Å². The Hall–Kier alpha value is -1.35. The van der Waals surface area contributed by atoms with E-state index in [1.54, 1.807) is 0 Å². The van der Waals surface area contributed by atoms with Gasteiger partial charge in [0.1, 0.15) is 0 Å². The maximum Gasteiger partial charge on any atom is 0.254 e. The van der Waals surface area contributed by atoms with Crippen molar-refractivity contribution >= 4 is 5.91 Å². The van der Waals surface area contributed by atoms with Gasteiger partial charge in [0.2, 0.25) is 0 Å². The Balaban J connectivity index is 2.09. The lowest BCUT2D eigenvalue weighted by molar-refractivity contribution is 0.0716. The van der Waals surface area contributed by atoms with Crippen LogP contribution in [0.25, 0.3) is 0 Å². The van der Waals surface area contributed by atoms with Gasteiger partial charge in [0, 0.05) is 24.7 Å². The zero-order chi connectivity index (χ0) is 14.7. The average molecular weight is 274 g/mol. The molecule has 1 aliphatic rings. The molecule has 0 aromatic heterocycles. The third kappa shape index (κ3) is 3.40. The molecule has 3 nitrogen and oxygen atoms in total. The lowest BCUT2D eigenvalue weighted by Crippen LogP contribution is -2.41. The van der Waals surface area contributed by atoms with Crippen molar-refractivity contribution in [3.8, 4) is 0 Å². The Kier molecular flexibility index (Phi) is 4.81. The highest BCUT2D eigenvalue weighted by Crippen LogP contribution is 2.22. The molecule has 0 N–H and O–H groups in total. The molecular formula is C17H26N2O. The first-order valence-electron chi connectivity index (χ1n) is 7.54. The van der Waals surface area contributed by atoms with Crippen LogP contribution in [0.3, 0.4) is 0 Å². The zero-order valence-corrected chi connectivity index (χ0v) is 13.1. The highest BCUT2D eigenvalue weighted by Gasteiger charge is 2.29. The van der Waals surface area contributed by atoms with E-state index < -0.39 is 0 Å².